The first-order valence-corrected chi connectivity index (χ1v) is 7.76. The number of rotatable bonds is 5. The number of nitrogens with zero attached hydrogens (tertiary/aromatic N) is 2. The molecule has 112 valence electrons. The number of hydrogen-bond acceptors (Lipinski definition) is 3. The van der Waals surface area contributed by atoms with E-state index in [2.05, 4.69) is 36.9 Å². The Balaban J connectivity index is 2.35. The summed E-state index contributed by atoms with van der Waals surface area (Å²) in [4.78, 5) is 12.0. The number of benzene rings is 1. The van der Waals surface area contributed by atoms with Crippen LogP contribution in [0.25, 0.3) is 5.69 Å². The van der Waals surface area contributed by atoms with Gasteiger partial charge in [0, 0.05) is 23.6 Å². The molecule has 0 atom stereocenters. The molecule has 0 bridgehead atoms. The van der Waals surface area contributed by atoms with Crippen molar-refractivity contribution in [1.82, 2.24) is 15.1 Å². The van der Waals surface area contributed by atoms with Gasteiger partial charge in [-0.25, -0.2) is 4.68 Å². The van der Waals surface area contributed by atoms with Crippen LogP contribution in [0.5, 0.6) is 0 Å². The van der Waals surface area contributed by atoms with Gasteiger partial charge in [-0.2, -0.15) is 17.7 Å². The van der Waals surface area contributed by atoms with Gasteiger partial charge >= 0.3 is 0 Å². The van der Waals surface area contributed by atoms with Gasteiger partial charge in [0.1, 0.15) is 0 Å². The normalized spacial score (nSPS) is 10.7. The van der Waals surface area contributed by atoms with Crippen molar-refractivity contribution in [2.45, 2.75) is 27.2 Å². The molecular weight excluding hydrogens is 282 g/mol. The van der Waals surface area contributed by atoms with Crippen LogP contribution in [0.3, 0.4) is 0 Å². The van der Waals surface area contributed by atoms with Crippen molar-refractivity contribution in [3.05, 3.63) is 46.8 Å². The lowest BCUT2D eigenvalue weighted by atomic mass is 10.1. The highest BCUT2D eigenvalue weighted by molar-refractivity contribution is 7.80. The molecule has 0 spiro atoms. The molecule has 0 radical (unpaired) electrons. The number of aryl methyl sites for hydroxylation is 1. The summed E-state index contributed by atoms with van der Waals surface area (Å²) in [6, 6.07) is 7.53. The van der Waals surface area contributed by atoms with E-state index in [0.29, 0.717) is 17.9 Å². The van der Waals surface area contributed by atoms with E-state index in [9.17, 15) is 4.79 Å². The molecule has 1 aromatic carbocycles. The number of aromatic nitrogens is 2. The maximum Gasteiger partial charge on any atom is 0.251 e. The fourth-order valence-electron chi connectivity index (χ4n) is 2.49. The van der Waals surface area contributed by atoms with Crippen LogP contribution in [0.4, 0.5) is 0 Å². The van der Waals surface area contributed by atoms with Gasteiger partial charge in [0.2, 0.25) is 0 Å². The van der Waals surface area contributed by atoms with E-state index in [1.165, 1.54) is 5.56 Å². The second-order valence-corrected chi connectivity index (χ2v) is 5.39. The van der Waals surface area contributed by atoms with Gasteiger partial charge < -0.3 is 5.32 Å². The van der Waals surface area contributed by atoms with Crippen LogP contribution in [0.2, 0.25) is 0 Å². The maximum absolute atomic E-state index is 12.0. The molecule has 4 nitrogen and oxygen atoms in total. The molecule has 2 aromatic rings. The molecular formula is C16H21N3OS. The zero-order valence-corrected chi connectivity index (χ0v) is 13.6. The molecule has 21 heavy (non-hydrogen) atoms. The lowest BCUT2D eigenvalue weighted by Crippen LogP contribution is -2.25. The second-order valence-electron chi connectivity index (χ2n) is 4.94. The number of amides is 1. The predicted octanol–water partition coefficient (Wildman–Crippen LogP) is 2.71. The van der Waals surface area contributed by atoms with Gasteiger partial charge in [0.15, 0.2) is 0 Å². The predicted molar refractivity (Wildman–Crippen MR) is 88.6 cm³/mol. The largest absolute Gasteiger partial charge is 0.351 e. The van der Waals surface area contributed by atoms with E-state index >= 15 is 0 Å². The van der Waals surface area contributed by atoms with Crippen molar-refractivity contribution in [3.8, 4) is 5.69 Å². The molecule has 5 heteroatoms. The topological polar surface area (TPSA) is 46.9 Å². The third-order valence-corrected chi connectivity index (χ3v) is 3.77. The summed E-state index contributed by atoms with van der Waals surface area (Å²) in [6.45, 7) is 6.77. The van der Waals surface area contributed by atoms with Crippen molar-refractivity contribution in [3.63, 3.8) is 0 Å². The highest BCUT2D eigenvalue weighted by atomic mass is 32.1. The molecule has 1 aromatic heterocycles. The maximum atomic E-state index is 12.0. The summed E-state index contributed by atoms with van der Waals surface area (Å²) in [5.41, 5.74) is 4.98. The van der Waals surface area contributed by atoms with E-state index in [1.807, 2.05) is 35.9 Å². The Hall–Kier alpha value is -1.75. The van der Waals surface area contributed by atoms with Gasteiger partial charge in [-0.05, 0) is 44.0 Å². The fraction of sp³-hybridized carbons (Fsp3) is 0.375. The van der Waals surface area contributed by atoms with Crippen LogP contribution >= 0.6 is 12.6 Å². The minimum absolute atomic E-state index is 0.0804. The monoisotopic (exact) mass is 303 g/mol. The number of thiol groups is 1. The number of carbonyl (C=O) groups excluding carboxylic acids is 1. The highest BCUT2D eigenvalue weighted by Crippen LogP contribution is 2.19. The first-order valence-electron chi connectivity index (χ1n) is 7.13. The molecule has 2 rings (SSSR count). The lowest BCUT2D eigenvalue weighted by molar-refractivity contribution is 0.0956. The molecule has 1 amide bonds. The van der Waals surface area contributed by atoms with Crippen molar-refractivity contribution in [2.75, 3.05) is 12.3 Å². The van der Waals surface area contributed by atoms with E-state index < -0.39 is 0 Å². The first-order chi connectivity index (χ1) is 10.1. The Bertz CT molecular complexity index is 649. The van der Waals surface area contributed by atoms with Gasteiger partial charge in [-0.15, -0.1) is 0 Å². The Morgan fingerprint density at radius 1 is 1.38 bits per heavy atom. The Morgan fingerprint density at radius 3 is 2.76 bits per heavy atom. The van der Waals surface area contributed by atoms with Crippen molar-refractivity contribution < 1.29 is 4.79 Å². The standard InChI is InChI=1S/C16H21N3OS/c1-4-15-11(2)18-19(12(15)3)14-7-5-6-13(10-14)16(20)17-8-9-21/h5-7,10,21H,4,8-9H2,1-3H3,(H,17,20). The third kappa shape index (κ3) is 3.29. The first kappa shape index (κ1) is 15.6. The van der Waals surface area contributed by atoms with E-state index in [-0.39, 0.29) is 5.91 Å². The van der Waals surface area contributed by atoms with Gasteiger partial charge in [0.05, 0.1) is 11.4 Å². The molecule has 0 aliphatic heterocycles. The second kappa shape index (κ2) is 6.80. The molecule has 0 aliphatic rings. The summed E-state index contributed by atoms with van der Waals surface area (Å²) >= 11 is 4.09. The number of nitrogens with one attached hydrogen (secondary N) is 1. The summed E-state index contributed by atoms with van der Waals surface area (Å²) < 4.78 is 1.91. The van der Waals surface area contributed by atoms with E-state index in [1.54, 1.807) is 0 Å². The molecule has 0 aliphatic carbocycles. The third-order valence-electron chi connectivity index (χ3n) is 3.55. The Kier molecular flexibility index (Phi) is 5.07. The summed E-state index contributed by atoms with van der Waals surface area (Å²) in [5.74, 6) is 0.547. The van der Waals surface area contributed by atoms with E-state index in [0.717, 1.165) is 23.5 Å². The highest BCUT2D eigenvalue weighted by Gasteiger charge is 2.12. The number of hydrogen-bond donors (Lipinski definition) is 2. The molecule has 0 fully saturated rings. The minimum atomic E-state index is -0.0804. The average Bonchev–Trinajstić information content (AvgIpc) is 2.79. The van der Waals surface area contributed by atoms with Crippen LogP contribution in [-0.4, -0.2) is 28.0 Å². The summed E-state index contributed by atoms with van der Waals surface area (Å²) in [6.07, 6.45) is 0.958. The fourth-order valence-corrected chi connectivity index (χ4v) is 2.60. The smallest absolute Gasteiger partial charge is 0.251 e. The molecule has 1 N–H and O–H groups in total. The molecule has 0 saturated carbocycles. The summed E-state index contributed by atoms with van der Waals surface area (Å²) in [5, 5.41) is 7.41. The number of carbonyl (C=O) groups is 1. The van der Waals surface area contributed by atoms with Crippen LogP contribution in [0, 0.1) is 13.8 Å². The SMILES string of the molecule is CCc1c(C)nn(-c2cccc(C(=O)NCCS)c2)c1C. The van der Waals surface area contributed by atoms with Crippen LogP contribution in [-0.2, 0) is 6.42 Å². The minimum Gasteiger partial charge on any atom is -0.351 e. The van der Waals surface area contributed by atoms with Crippen molar-refractivity contribution in [2.24, 2.45) is 0 Å². The van der Waals surface area contributed by atoms with Crippen LogP contribution < -0.4 is 5.32 Å². The van der Waals surface area contributed by atoms with Crippen LogP contribution in [0.1, 0.15) is 34.2 Å². The van der Waals surface area contributed by atoms with Crippen molar-refractivity contribution >= 4 is 18.5 Å². The Labute approximate surface area is 131 Å². The van der Waals surface area contributed by atoms with Gasteiger partial charge in [-0.1, -0.05) is 13.0 Å². The molecule has 0 unspecified atom stereocenters. The van der Waals surface area contributed by atoms with Gasteiger partial charge in [0.25, 0.3) is 5.91 Å². The zero-order chi connectivity index (χ0) is 15.4. The van der Waals surface area contributed by atoms with Gasteiger partial charge in [-0.3, -0.25) is 4.79 Å². The molecule has 1 heterocycles. The Morgan fingerprint density at radius 2 is 2.14 bits per heavy atom. The quantitative estimate of drug-likeness (QED) is 0.834. The lowest BCUT2D eigenvalue weighted by Gasteiger charge is -2.08. The summed E-state index contributed by atoms with van der Waals surface area (Å²) in [7, 11) is 0. The average molecular weight is 303 g/mol. The molecule has 0 saturated heterocycles. The van der Waals surface area contributed by atoms with Crippen molar-refractivity contribution in [1.29, 1.82) is 0 Å². The van der Waals surface area contributed by atoms with Crippen LogP contribution in [0.15, 0.2) is 24.3 Å². The zero-order valence-electron chi connectivity index (χ0n) is 12.7. The van der Waals surface area contributed by atoms with E-state index in [4.69, 9.17) is 0 Å².